The average molecular weight is 358 g/mol. The molecule has 0 atom stereocenters. The second kappa shape index (κ2) is 6.67. The van der Waals surface area contributed by atoms with E-state index < -0.39 is 17.3 Å². The van der Waals surface area contributed by atoms with Gasteiger partial charge in [0, 0.05) is 18.2 Å². The number of aromatic hydroxyl groups is 3. The molecule has 2 aromatic carbocycles. The minimum atomic E-state index is -0.991. The molecule has 0 saturated heterocycles. The Kier molecular flexibility index (Phi) is 4.40. The van der Waals surface area contributed by atoms with Crippen LogP contribution in [0.4, 0.5) is 4.79 Å². The van der Waals surface area contributed by atoms with E-state index in [2.05, 4.69) is 0 Å². The smallest absolute Gasteiger partial charge is 0.508 e. The molecule has 0 aliphatic rings. The van der Waals surface area contributed by atoms with Gasteiger partial charge in [-0.15, -0.1) is 0 Å². The van der Waals surface area contributed by atoms with Crippen molar-refractivity contribution in [3.63, 3.8) is 0 Å². The molecule has 0 unspecified atom stereocenters. The maximum absolute atomic E-state index is 12.3. The fraction of sp³-hybridized carbons (Fsp3) is 0.111. The number of rotatable bonds is 3. The van der Waals surface area contributed by atoms with Crippen molar-refractivity contribution < 1.29 is 34.0 Å². The number of phenolic OH excluding ortho intramolecular Hbond substituents is 3. The van der Waals surface area contributed by atoms with Crippen LogP contribution >= 0.6 is 0 Å². The van der Waals surface area contributed by atoms with Gasteiger partial charge in [0.1, 0.15) is 23.0 Å². The zero-order chi connectivity index (χ0) is 18.8. The van der Waals surface area contributed by atoms with Crippen molar-refractivity contribution in [1.29, 1.82) is 0 Å². The lowest BCUT2D eigenvalue weighted by atomic mass is 10.1. The summed E-state index contributed by atoms with van der Waals surface area (Å²) in [6.07, 6.45) is -0.991. The Balaban J connectivity index is 2.18. The Morgan fingerprint density at radius 1 is 1.08 bits per heavy atom. The summed E-state index contributed by atoms with van der Waals surface area (Å²) in [5.74, 6) is -0.993. The Morgan fingerprint density at radius 3 is 2.58 bits per heavy atom. The molecule has 3 aromatic rings. The molecule has 1 aromatic heterocycles. The average Bonchev–Trinajstić information content (AvgIpc) is 2.56. The molecule has 0 aliphatic heterocycles. The first-order valence-electron chi connectivity index (χ1n) is 7.57. The largest absolute Gasteiger partial charge is 0.513 e. The fourth-order valence-corrected chi connectivity index (χ4v) is 2.39. The van der Waals surface area contributed by atoms with Crippen LogP contribution in [0.3, 0.4) is 0 Å². The van der Waals surface area contributed by atoms with Crippen LogP contribution < -0.4 is 10.2 Å². The summed E-state index contributed by atoms with van der Waals surface area (Å²) in [7, 11) is 0. The summed E-state index contributed by atoms with van der Waals surface area (Å²) in [6.45, 7) is 1.70. The lowest BCUT2D eigenvalue weighted by Gasteiger charge is -2.11. The van der Waals surface area contributed by atoms with Crippen molar-refractivity contribution in [1.82, 2.24) is 0 Å². The van der Waals surface area contributed by atoms with E-state index in [-0.39, 0.29) is 46.1 Å². The molecule has 134 valence electrons. The summed E-state index contributed by atoms with van der Waals surface area (Å²) in [6, 6.07) is 7.16. The van der Waals surface area contributed by atoms with E-state index in [1.54, 1.807) is 6.92 Å². The second-order valence-corrected chi connectivity index (χ2v) is 5.28. The van der Waals surface area contributed by atoms with Gasteiger partial charge in [-0.1, -0.05) is 0 Å². The topological polar surface area (TPSA) is 126 Å². The van der Waals surface area contributed by atoms with Crippen LogP contribution in [0, 0.1) is 0 Å². The molecule has 0 aliphatic carbocycles. The lowest BCUT2D eigenvalue weighted by Crippen LogP contribution is -2.11. The van der Waals surface area contributed by atoms with Gasteiger partial charge in [0.15, 0.2) is 16.8 Å². The zero-order valence-electron chi connectivity index (χ0n) is 13.6. The molecular formula is C18H14O8. The number of fused-ring (bicyclic) bond motifs is 1. The molecular weight excluding hydrogens is 344 g/mol. The van der Waals surface area contributed by atoms with Crippen LogP contribution in [0.25, 0.3) is 22.3 Å². The number of hydrogen-bond donors (Lipinski definition) is 3. The highest BCUT2D eigenvalue weighted by atomic mass is 16.7. The van der Waals surface area contributed by atoms with Crippen LogP contribution in [0.2, 0.25) is 0 Å². The van der Waals surface area contributed by atoms with Crippen LogP contribution in [-0.4, -0.2) is 28.1 Å². The standard InChI is InChI=1S/C18H14O8/c1-2-24-18(23)26-15-7-9(19)3-4-11(15)16-8-13(21)12-5-10(20)6-14(22)17(12)25-16/h3-8,19-20,22H,2H2,1H3. The molecule has 0 fully saturated rings. The monoisotopic (exact) mass is 358 g/mol. The second-order valence-electron chi connectivity index (χ2n) is 5.28. The van der Waals surface area contributed by atoms with E-state index in [9.17, 15) is 24.9 Å². The predicted octanol–water partition coefficient (Wildman–Crippen LogP) is 3.11. The molecule has 0 bridgehead atoms. The number of phenols is 3. The predicted molar refractivity (Wildman–Crippen MR) is 90.6 cm³/mol. The summed E-state index contributed by atoms with van der Waals surface area (Å²) >= 11 is 0. The van der Waals surface area contributed by atoms with Gasteiger partial charge in [-0.3, -0.25) is 4.79 Å². The third-order valence-electron chi connectivity index (χ3n) is 3.48. The van der Waals surface area contributed by atoms with E-state index in [1.165, 1.54) is 12.1 Å². The molecule has 0 spiro atoms. The van der Waals surface area contributed by atoms with E-state index >= 15 is 0 Å². The third-order valence-corrected chi connectivity index (χ3v) is 3.48. The maximum Gasteiger partial charge on any atom is 0.513 e. The first-order valence-corrected chi connectivity index (χ1v) is 7.57. The summed E-state index contributed by atoms with van der Waals surface area (Å²) in [4.78, 5) is 23.9. The van der Waals surface area contributed by atoms with Gasteiger partial charge >= 0.3 is 6.16 Å². The van der Waals surface area contributed by atoms with Crippen LogP contribution in [0.1, 0.15) is 6.92 Å². The molecule has 8 nitrogen and oxygen atoms in total. The molecule has 26 heavy (non-hydrogen) atoms. The van der Waals surface area contributed by atoms with Gasteiger partial charge in [0.2, 0.25) is 0 Å². The lowest BCUT2D eigenvalue weighted by molar-refractivity contribution is 0.104. The number of carbonyl (C=O) groups is 1. The van der Waals surface area contributed by atoms with Crippen molar-refractivity contribution in [3.8, 4) is 34.3 Å². The van der Waals surface area contributed by atoms with Gasteiger partial charge in [-0.25, -0.2) is 4.79 Å². The van der Waals surface area contributed by atoms with Crippen LogP contribution in [0.5, 0.6) is 23.0 Å². The highest BCUT2D eigenvalue weighted by Gasteiger charge is 2.17. The molecule has 3 rings (SSSR count). The van der Waals surface area contributed by atoms with Gasteiger partial charge in [0.25, 0.3) is 0 Å². The Bertz CT molecular complexity index is 1050. The Labute approximate surface area is 146 Å². The first-order chi connectivity index (χ1) is 12.4. The molecule has 0 radical (unpaired) electrons. The van der Waals surface area contributed by atoms with Crippen molar-refractivity contribution >= 4 is 17.1 Å². The number of hydrogen-bond acceptors (Lipinski definition) is 8. The number of carbonyl (C=O) groups excluding carboxylic acids is 1. The van der Waals surface area contributed by atoms with Gasteiger partial charge in [0.05, 0.1) is 17.6 Å². The SMILES string of the molecule is CCOC(=O)Oc1cc(O)ccc1-c1cc(=O)c2cc(O)cc(O)c2o1. The zero-order valence-corrected chi connectivity index (χ0v) is 13.6. The Hall–Kier alpha value is -3.68. The first kappa shape index (κ1) is 17.2. The van der Waals surface area contributed by atoms with E-state index in [0.717, 1.165) is 24.3 Å². The van der Waals surface area contributed by atoms with Crippen molar-refractivity contribution in [3.05, 3.63) is 46.6 Å². The highest BCUT2D eigenvalue weighted by Crippen LogP contribution is 2.36. The summed E-state index contributed by atoms with van der Waals surface area (Å²) in [5.41, 5.74) is -0.481. The molecule has 8 heteroatoms. The van der Waals surface area contributed by atoms with Crippen molar-refractivity contribution in [2.75, 3.05) is 6.61 Å². The quantitative estimate of drug-likeness (QED) is 0.481. The van der Waals surface area contributed by atoms with Crippen molar-refractivity contribution in [2.45, 2.75) is 6.92 Å². The van der Waals surface area contributed by atoms with Gasteiger partial charge in [-0.2, -0.15) is 0 Å². The normalized spacial score (nSPS) is 10.7. The summed E-state index contributed by atoms with van der Waals surface area (Å²) < 4.78 is 15.3. The van der Waals surface area contributed by atoms with E-state index in [1.807, 2.05) is 0 Å². The number of ether oxygens (including phenoxy) is 2. The molecule has 0 saturated carbocycles. The molecule has 0 amide bonds. The summed E-state index contributed by atoms with van der Waals surface area (Å²) in [5, 5.41) is 29.1. The molecule has 3 N–H and O–H groups in total. The Morgan fingerprint density at radius 2 is 1.85 bits per heavy atom. The van der Waals surface area contributed by atoms with Gasteiger partial charge in [-0.05, 0) is 25.1 Å². The third kappa shape index (κ3) is 3.25. The minimum Gasteiger partial charge on any atom is -0.508 e. The van der Waals surface area contributed by atoms with Crippen LogP contribution in [0.15, 0.2) is 45.6 Å². The van der Waals surface area contributed by atoms with Gasteiger partial charge < -0.3 is 29.2 Å². The molecule has 1 heterocycles. The minimum absolute atomic E-state index is 0.0113. The maximum atomic E-state index is 12.3. The fourth-order valence-electron chi connectivity index (χ4n) is 2.39. The highest BCUT2D eigenvalue weighted by molar-refractivity contribution is 5.86. The van der Waals surface area contributed by atoms with Crippen LogP contribution in [-0.2, 0) is 4.74 Å². The van der Waals surface area contributed by atoms with E-state index in [0.29, 0.717) is 0 Å². The number of benzene rings is 2. The van der Waals surface area contributed by atoms with Crippen molar-refractivity contribution in [2.24, 2.45) is 0 Å². The van der Waals surface area contributed by atoms with E-state index in [4.69, 9.17) is 13.9 Å².